The molecule has 0 radical (unpaired) electrons. The molecule has 2 aliphatic heterocycles. The number of hydrogen-bond acceptors (Lipinski definition) is 4. The van der Waals surface area contributed by atoms with Crippen LogP contribution in [-0.4, -0.2) is 63.5 Å². The molecular formula is C12H24N2O2. The highest BCUT2D eigenvalue weighted by Gasteiger charge is 2.19. The van der Waals surface area contributed by atoms with Crippen molar-refractivity contribution in [3.05, 3.63) is 0 Å². The van der Waals surface area contributed by atoms with Gasteiger partial charge in [0, 0.05) is 45.9 Å². The average molecular weight is 228 g/mol. The van der Waals surface area contributed by atoms with E-state index in [-0.39, 0.29) is 0 Å². The minimum absolute atomic E-state index is 0.493. The second-order valence-electron chi connectivity index (χ2n) is 4.79. The zero-order valence-electron chi connectivity index (χ0n) is 10.3. The van der Waals surface area contributed by atoms with Crippen molar-refractivity contribution < 1.29 is 9.47 Å². The Morgan fingerprint density at radius 3 is 2.75 bits per heavy atom. The van der Waals surface area contributed by atoms with Gasteiger partial charge in [-0.2, -0.15) is 0 Å². The van der Waals surface area contributed by atoms with E-state index in [9.17, 15) is 0 Å². The first kappa shape index (κ1) is 12.3. The van der Waals surface area contributed by atoms with Crippen LogP contribution in [0.3, 0.4) is 0 Å². The summed E-state index contributed by atoms with van der Waals surface area (Å²) in [7, 11) is 1.82. The van der Waals surface area contributed by atoms with Gasteiger partial charge in [0.2, 0.25) is 0 Å². The SMILES string of the molecule is COC1CCN(CCNC2CCOC2)CC1. The van der Waals surface area contributed by atoms with Crippen molar-refractivity contribution >= 4 is 0 Å². The Morgan fingerprint density at radius 2 is 2.12 bits per heavy atom. The number of piperidine rings is 1. The first-order valence-corrected chi connectivity index (χ1v) is 6.45. The van der Waals surface area contributed by atoms with E-state index in [4.69, 9.17) is 9.47 Å². The summed E-state index contributed by atoms with van der Waals surface area (Å²) in [5.41, 5.74) is 0. The summed E-state index contributed by atoms with van der Waals surface area (Å²) in [6.45, 7) is 6.43. The van der Waals surface area contributed by atoms with Crippen LogP contribution in [0.2, 0.25) is 0 Å². The zero-order valence-corrected chi connectivity index (χ0v) is 10.3. The molecule has 4 heteroatoms. The number of nitrogens with zero attached hydrogens (tertiary/aromatic N) is 1. The topological polar surface area (TPSA) is 33.7 Å². The summed E-state index contributed by atoms with van der Waals surface area (Å²) in [6, 6.07) is 0.594. The Bertz CT molecular complexity index is 187. The molecule has 0 aliphatic carbocycles. The molecule has 2 heterocycles. The summed E-state index contributed by atoms with van der Waals surface area (Å²) in [4.78, 5) is 2.53. The van der Waals surface area contributed by atoms with Crippen LogP contribution >= 0.6 is 0 Å². The van der Waals surface area contributed by atoms with Crippen LogP contribution in [0.25, 0.3) is 0 Å². The second-order valence-corrected chi connectivity index (χ2v) is 4.79. The third-order valence-electron chi connectivity index (χ3n) is 3.66. The van der Waals surface area contributed by atoms with E-state index in [1.165, 1.54) is 32.4 Å². The van der Waals surface area contributed by atoms with Crippen molar-refractivity contribution in [2.75, 3.05) is 46.5 Å². The lowest BCUT2D eigenvalue weighted by molar-refractivity contribution is 0.0412. The van der Waals surface area contributed by atoms with E-state index >= 15 is 0 Å². The number of methoxy groups -OCH3 is 1. The Morgan fingerprint density at radius 1 is 1.31 bits per heavy atom. The van der Waals surface area contributed by atoms with Crippen molar-refractivity contribution in [1.82, 2.24) is 10.2 Å². The minimum atomic E-state index is 0.493. The number of ether oxygens (including phenoxy) is 2. The predicted octanol–water partition coefficient (Wildman–Crippen LogP) is 0.476. The van der Waals surface area contributed by atoms with E-state index in [0.29, 0.717) is 12.1 Å². The number of nitrogens with one attached hydrogen (secondary N) is 1. The smallest absolute Gasteiger partial charge is 0.0620 e. The molecule has 0 saturated carbocycles. The van der Waals surface area contributed by atoms with Crippen LogP contribution < -0.4 is 5.32 Å². The molecule has 1 atom stereocenters. The Labute approximate surface area is 98.3 Å². The van der Waals surface area contributed by atoms with Gasteiger partial charge in [-0.15, -0.1) is 0 Å². The zero-order chi connectivity index (χ0) is 11.2. The predicted molar refractivity (Wildman–Crippen MR) is 63.7 cm³/mol. The van der Waals surface area contributed by atoms with E-state index < -0.39 is 0 Å². The van der Waals surface area contributed by atoms with E-state index in [1.807, 2.05) is 7.11 Å². The highest BCUT2D eigenvalue weighted by molar-refractivity contribution is 4.75. The second kappa shape index (κ2) is 6.55. The summed E-state index contributed by atoms with van der Waals surface area (Å²) in [5.74, 6) is 0. The van der Waals surface area contributed by atoms with Crippen LogP contribution in [0.5, 0.6) is 0 Å². The number of likely N-dealkylation sites (tertiary alicyclic amines) is 1. The Kier molecular flexibility index (Phi) is 5.03. The lowest BCUT2D eigenvalue weighted by Crippen LogP contribution is -2.42. The molecule has 16 heavy (non-hydrogen) atoms. The molecule has 2 fully saturated rings. The fourth-order valence-corrected chi connectivity index (χ4v) is 2.49. The van der Waals surface area contributed by atoms with Gasteiger partial charge >= 0.3 is 0 Å². The Balaban J connectivity index is 1.53. The molecule has 0 aromatic carbocycles. The van der Waals surface area contributed by atoms with E-state index in [1.54, 1.807) is 0 Å². The van der Waals surface area contributed by atoms with Crippen molar-refractivity contribution in [3.8, 4) is 0 Å². The van der Waals surface area contributed by atoms with Gasteiger partial charge in [-0.05, 0) is 19.3 Å². The van der Waals surface area contributed by atoms with Gasteiger partial charge in [0.05, 0.1) is 12.7 Å². The van der Waals surface area contributed by atoms with Crippen LogP contribution in [0.4, 0.5) is 0 Å². The summed E-state index contributed by atoms with van der Waals surface area (Å²) in [6.07, 6.45) is 4.03. The fourth-order valence-electron chi connectivity index (χ4n) is 2.49. The van der Waals surface area contributed by atoms with Gasteiger partial charge in [0.15, 0.2) is 0 Å². The standard InChI is InChI=1S/C12H24N2O2/c1-15-12-2-6-14(7-3-12)8-5-13-11-4-9-16-10-11/h11-13H,2-10H2,1H3. The van der Waals surface area contributed by atoms with Gasteiger partial charge in [0.25, 0.3) is 0 Å². The molecule has 4 nitrogen and oxygen atoms in total. The summed E-state index contributed by atoms with van der Waals surface area (Å²) in [5, 5.41) is 3.56. The maximum atomic E-state index is 5.37. The molecule has 1 N–H and O–H groups in total. The minimum Gasteiger partial charge on any atom is -0.381 e. The molecular weight excluding hydrogens is 204 g/mol. The Hall–Kier alpha value is -0.160. The third kappa shape index (κ3) is 3.70. The van der Waals surface area contributed by atoms with Crippen molar-refractivity contribution in [3.63, 3.8) is 0 Å². The summed E-state index contributed by atoms with van der Waals surface area (Å²) >= 11 is 0. The molecule has 0 aromatic rings. The molecule has 0 amide bonds. The highest BCUT2D eigenvalue weighted by Crippen LogP contribution is 2.12. The van der Waals surface area contributed by atoms with Gasteiger partial charge in [-0.1, -0.05) is 0 Å². The largest absolute Gasteiger partial charge is 0.381 e. The van der Waals surface area contributed by atoms with Gasteiger partial charge in [-0.25, -0.2) is 0 Å². The van der Waals surface area contributed by atoms with E-state index in [2.05, 4.69) is 10.2 Å². The highest BCUT2D eigenvalue weighted by atomic mass is 16.5. The van der Waals surface area contributed by atoms with Crippen LogP contribution in [0.1, 0.15) is 19.3 Å². The van der Waals surface area contributed by atoms with Crippen molar-refractivity contribution in [2.45, 2.75) is 31.4 Å². The molecule has 2 rings (SSSR count). The van der Waals surface area contributed by atoms with Crippen molar-refractivity contribution in [1.29, 1.82) is 0 Å². The molecule has 2 saturated heterocycles. The molecule has 0 spiro atoms. The van der Waals surface area contributed by atoms with E-state index in [0.717, 1.165) is 26.3 Å². The van der Waals surface area contributed by atoms with Gasteiger partial charge < -0.3 is 19.7 Å². The van der Waals surface area contributed by atoms with Crippen LogP contribution in [-0.2, 0) is 9.47 Å². The first-order chi connectivity index (χ1) is 7.88. The molecule has 2 aliphatic rings. The monoisotopic (exact) mass is 228 g/mol. The lowest BCUT2D eigenvalue weighted by atomic mass is 10.1. The molecule has 1 unspecified atom stereocenters. The maximum absolute atomic E-state index is 5.37. The molecule has 94 valence electrons. The third-order valence-corrected chi connectivity index (χ3v) is 3.66. The summed E-state index contributed by atoms with van der Waals surface area (Å²) < 4.78 is 10.7. The van der Waals surface area contributed by atoms with Crippen molar-refractivity contribution in [2.24, 2.45) is 0 Å². The molecule has 0 bridgehead atoms. The van der Waals surface area contributed by atoms with Gasteiger partial charge in [-0.3, -0.25) is 0 Å². The first-order valence-electron chi connectivity index (χ1n) is 6.45. The molecule has 0 aromatic heterocycles. The average Bonchev–Trinajstić information content (AvgIpc) is 2.83. The fraction of sp³-hybridized carbons (Fsp3) is 1.00. The lowest BCUT2D eigenvalue weighted by Gasteiger charge is -2.31. The number of rotatable bonds is 5. The van der Waals surface area contributed by atoms with Gasteiger partial charge in [0.1, 0.15) is 0 Å². The van der Waals surface area contributed by atoms with Crippen LogP contribution in [0.15, 0.2) is 0 Å². The number of hydrogen-bond donors (Lipinski definition) is 1. The van der Waals surface area contributed by atoms with Crippen LogP contribution in [0, 0.1) is 0 Å². The maximum Gasteiger partial charge on any atom is 0.0620 e. The normalized spacial score (nSPS) is 28.7. The quantitative estimate of drug-likeness (QED) is 0.742.